The second-order valence-corrected chi connectivity index (χ2v) is 6.65. The summed E-state index contributed by atoms with van der Waals surface area (Å²) in [6.07, 6.45) is 1.01. The van der Waals surface area contributed by atoms with Crippen molar-refractivity contribution in [3.05, 3.63) is 0 Å². The fourth-order valence-corrected chi connectivity index (χ4v) is 3.86. The lowest BCUT2D eigenvalue weighted by Crippen LogP contribution is -2.44. The van der Waals surface area contributed by atoms with E-state index in [1.807, 2.05) is 6.92 Å². The molecule has 1 aliphatic heterocycles. The zero-order chi connectivity index (χ0) is 10.8. The summed E-state index contributed by atoms with van der Waals surface area (Å²) < 4.78 is 22.5. The SMILES string of the molecule is CC(O)CCNC1(C)CCS(=O)(=O)C1. The largest absolute Gasteiger partial charge is 0.393 e. The van der Waals surface area contributed by atoms with Gasteiger partial charge in [0.15, 0.2) is 9.84 Å². The predicted octanol–water partition coefficient (Wildman–Crippen LogP) is -0.0759. The van der Waals surface area contributed by atoms with Crippen LogP contribution in [0, 0.1) is 0 Å². The first-order valence-corrected chi connectivity index (χ1v) is 6.79. The van der Waals surface area contributed by atoms with E-state index in [-0.39, 0.29) is 23.1 Å². The molecule has 0 radical (unpaired) electrons. The molecule has 84 valence electrons. The van der Waals surface area contributed by atoms with E-state index in [1.165, 1.54) is 0 Å². The van der Waals surface area contributed by atoms with E-state index in [0.29, 0.717) is 19.4 Å². The van der Waals surface area contributed by atoms with Gasteiger partial charge in [-0.05, 0) is 33.2 Å². The lowest BCUT2D eigenvalue weighted by molar-refractivity contribution is 0.179. The quantitative estimate of drug-likeness (QED) is 0.697. The highest BCUT2D eigenvalue weighted by atomic mass is 32.2. The molecular weight excluding hydrogens is 202 g/mol. The molecule has 5 heteroatoms. The van der Waals surface area contributed by atoms with E-state index in [1.54, 1.807) is 6.92 Å². The molecule has 1 heterocycles. The van der Waals surface area contributed by atoms with Crippen LogP contribution < -0.4 is 5.32 Å². The molecule has 2 N–H and O–H groups in total. The Labute approximate surface area is 85.6 Å². The van der Waals surface area contributed by atoms with Crippen LogP contribution >= 0.6 is 0 Å². The summed E-state index contributed by atoms with van der Waals surface area (Å²) in [5, 5.41) is 12.3. The van der Waals surface area contributed by atoms with Crippen molar-refractivity contribution in [1.29, 1.82) is 0 Å². The summed E-state index contributed by atoms with van der Waals surface area (Å²) in [6.45, 7) is 4.33. The molecule has 0 aromatic rings. The number of hydrogen-bond donors (Lipinski definition) is 2. The third kappa shape index (κ3) is 3.55. The van der Waals surface area contributed by atoms with Gasteiger partial charge in [0.1, 0.15) is 0 Å². The molecular formula is C9H19NO3S. The fraction of sp³-hybridized carbons (Fsp3) is 1.00. The van der Waals surface area contributed by atoms with Gasteiger partial charge in [-0.25, -0.2) is 8.42 Å². The van der Waals surface area contributed by atoms with Crippen molar-refractivity contribution in [2.24, 2.45) is 0 Å². The van der Waals surface area contributed by atoms with Gasteiger partial charge in [-0.3, -0.25) is 0 Å². The van der Waals surface area contributed by atoms with Crippen LogP contribution in [0.2, 0.25) is 0 Å². The van der Waals surface area contributed by atoms with Crippen molar-refractivity contribution in [2.45, 2.75) is 38.3 Å². The van der Waals surface area contributed by atoms with Crippen molar-refractivity contribution in [1.82, 2.24) is 5.32 Å². The molecule has 0 aliphatic carbocycles. The van der Waals surface area contributed by atoms with Crippen LogP contribution in [0.15, 0.2) is 0 Å². The minimum atomic E-state index is -2.83. The zero-order valence-electron chi connectivity index (χ0n) is 8.78. The average molecular weight is 221 g/mol. The van der Waals surface area contributed by atoms with Gasteiger partial charge in [0, 0.05) is 5.54 Å². The molecule has 14 heavy (non-hydrogen) atoms. The zero-order valence-corrected chi connectivity index (χ0v) is 9.60. The Morgan fingerprint density at radius 1 is 1.57 bits per heavy atom. The summed E-state index contributed by atoms with van der Waals surface area (Å²) in [5.74, 6) is 0.505. The smallest absolute Gasteiger partial charge is 0.152 e. The van der Waals surface area contributed by atoms with Gasteiger partial charge < -0.3 is 10.4 Å². The Morgan fingerprint density at radius 3 is 2.64 bits per heavy atom. The van der Waals surface area contributed by atoms with Crippen molar-refractivity contribution < 1.29 is 13.5 Å². The molecule has 1 fully saturated rings. The third-order valence-electron chi connectivity index (χ3n) is 2.62. The molecule has 0 spiro atoms. The van der Waals surface area contributed by atoms with E-state index in [4.69, 9.17) is 5.11 Å². The summed E-state index contributed by atoms with van der Waals surface area (Å²) in [6, 6.07) is 0. The Kier molecular flexibility index (Phi) is 3.55. The maximum absolute atomic E-state index is 11.3. The molecule has 1 aliphatic rings. The first-order chi connectivity index (χ1) is 6.33. The van der Waals surface area contributed by atoms with Crippen LogP contribution in [-0.2, 0) is 9.84 Å². The molecule has 2 unspecified atom stereocenters. The first kappa shape index (κ1) is 11.9. The van der Waals surface area contributed by atoms with E-state index in [9.17, 15) is 8.42 Å². The monoisotopic (exact) mass is 221 g/mol. The van der Waals surface area contributed by atoms with Gasteiger partial charge in [-0.15, -0.1) is 0 Å². The Bertz CT molecular complexity index is 286. The molecule has 1 rings (SSSR count). The minimum Gasteiger partial charge on any atom is -0.393 e. The molecule has 0 aromatic heterocycles. The lowest BCUT2D eigenvalue weighted by atomic mass is 10.0. The highest BCUT2D eigenvalue weighted by Gasteiger charge is 2.37. The number of sulfone groups is 1. The Hall–Kier alpha value is -0.130. The predicted molar refractivity (Wildman–Crippen MR) is 56.0 cm³/mol. The third-order valence-corrected chi connectivity index (χ3v) is 4.52. The summed E-state index contributed by atoms with van der Waals surface area (Å²) >= 11 is 0. The van der Waals surface area contributed by atoms with Gasteiger partial charge in [-0.2, -0.15) is 0 Å². The van der Waals surface area contributed by atoms with Crippen molar-refractivity contribution >= 4 is 9.84 Å². The van der Waals surface area contributed by atoms with Crippen molar-refractivity contribution in [3.63, 3.8) is 0 Å². The van der Waals surface area contributed by atoms with Crippen LogP contribution in [0.1, 0.15) is 26.7 Å². The molecule has 0 saturated carbocycles. The maximum Gasteiger partial charge on any atom is 0.152 e. The number of aliphatic hydroxyl groups is 1. The van der Waals surface area contributed by atoms with Gasteiger partial charge in [0.2, 0.25) is 0 Å². The Balaban J connectivity index is 2.38. The molecule has 1 saturated heterocycles. The second kappa shape index (κ2) is 4.16. The van der Waals surface area contributed by atoms with E-state index in [0.717, 1.165) is 0 Å². The minimum absolute atomic E-state index is 0.222. The van der Waals surface area contributed by atoms with Crippen LogP contribution in [0.4, 0.5) is 0 Å². The normalized spacial score (nSPS) is 33.1. The van der Waals surface area contributed by atoms with Crippen molar-refractivity contribution in [2.75, 3.05) is 18.1 Å². The molecule has 2 atom stereocenters. The van der Waals surface area contributed by atoms with Crippen LogP contribution in [0.3, 0.4) is 0 Å². The molecule has 0 amide bonds. The van der Waals surface area contributed by atoms with Crippen LogP contribution in [0.25, 0.3) is 0 Å². The number of rotatable bonds is 4. The van der Waals surface area contributed by atoms with Gasteiger partial charge >= 0.3 is 0 Å². The van der Waals surface area contributed by atoms with E-state index in [2.05, 4.69) is 5.32 Å². The second-order valence-electron chi connectivity index (χ2n) is 4.47. The highest BCUT2D eigenvalue weighted by molar-refractivity contribution is 7.91. The molecule has 0 aromatic carbocycles. The summed E-state index contributed by atoms with van der Waals surface area (Å²) in [7, 11) is -2.83. The fourth-order valence-electron chi connectivity index (χ4n) is 1.73. The molecule has 4 nitrogen and oxygen atoms in total. The van der Waals surface area contributed by atoms with E-state index < -0.39 is 9.84 Å². The average Bonchev–Trinajstić information content (AvgIpc) is 2.25. The van der Waals surface area contributed by atoms with Crippen LogP contribution in [-0.4, -0.2) is 43.2 Å². The standard InChI is InChI=1S/C9H19NO3S/c1-8(11)3-5-10-9(2)4-6-14(12,13)7-9/h8,10-11H,3-7H2,1-2H3. The van der Waals surface area contributed by atoms with Gasteiger partial charge in [0.25, 0.3) is 0 Å². The topological polar surface area (TPSA) is 66.4 Å². The van der Waals surface area contributed by atoms with E-state index >= 15 is 0 Å². The van der Waals surface area contributed by atoms with Crippen molar-refractivity contribution in [3.8, 4) is 0 Å². The van der Waals surface area contributed by atoms with Gasteiger partial charge in [-0.1, -0.05) is 0 Å². The highest BCUT2D eigenvalue weighted by Crippen LogP contribution is 2.22. The molecule has 0 bridgehead atoms. The van der Waals surface area contributed by atoms with Crippen LogP contribution in [0.5, 0.6) is 0 Å². The maximum atomic E-state index is 11.3. The lowest BCUT2D eigenvalue weighted by Gasteiger charge is -2.24. The number of hydrogen-bond acceptors (Lipinski definition) is 4. The summed E-state index contributed by atoms with van der Waals surface area (Å²) in [5.41, 5.74) is -0.284. The Morgan fingerprint density at radius 2 is 2.21 bits per heavy atom. The first-order valence-electron chi connectivity index (χ1n) is 4.97. The van der Waals surface area contributed by atoms with Gasteiger partial charge in [0.05, 0.1) is 17.6 Å². The summed E-state index contributed by atoms with van der Waals surface area (Å²) in [4.78, 5) is 0. The number of aliphatic hydroxyl groups excluding tert-OH is 1. The number of nitrogens with one attached hydrogen (secondary N) is 1.